The summed E-state index contributed by atoms with van der Waals surface area (Å²) in [7, 11) is 1.81. The summed E-state index contributed by atoms with van der Waals surface area (Å²) in [6, 6.07) is 15.7. The number of carbonyl (C=O) groups is 4. The van der Waals surface area contributed by atoms with Gasteiger partial charge in [-0.2, -0.15) is 15.5 Å². The highest BCUT2D eigenvalue weighted by Crippen LogP contribution is 2.33. The van der Waals surface area contributed by atoms with E-state index in [1.54, 1.807) is 28.6 Å². The van der Waals surface area contributed by atoms with Crippen LogP contribution in [0.3, 0.4) is 0 Å². The van der Waals surface area contributed by atoms with Gasteiger partial charge in [0.1, 0.15) is 34.8 Å². The average Bonchev–Trinajstić information content (AvgIpc) is 3.87. The standard InChI is InChI=1S/C46H48F2N12O5/c1-3-65-33-24-35(41-30(25-49)27-53-60(41)28-33)29-8-13-39(52-26-29)58-20-15-46(16-21-58,55-43(62)36-22-31(47)9-12-37(36)48)44(63)51-18-7-5-4-6-17-50-32-10-11-34-38(23-32)57(2)56-42(34)59-19-14-40(61)54-45(59)64/h8-13,22-24,26-28,50H,3-7,14-21H2,1-2H3,(H,51,63)(H,55,62)(H,54,61,64). The van der Waals surface area contributed by atoms with Crippen LogP contribution in [0.5, 0.6) is 5.75 Å². The van der Waals surface area contributed by atoms with Crippen molar-refractivity contribution in [2.24, 2.45) is 7.05 Å². The zero-order chi connectivity index (χ0) is 45.7. The molecule has 2 aromatic carbocycles. The molecule has 6 heterocycles. The Kier molecular flexibility index (Phi) is 12.9. The molecule has 0 bridgehead atoms. The Morgan fingerprint density at radius 1 is 0.969 bits per heavy atom. The lowest BCUT2D eigenvalue weighted by Gasteiger charge is -2.41. The number of pyridine rings is 2. The summed E-state index contributed by atoms with van der Waals surface area (Å²) >= 11 is 0. The smallest absolute Gasteiger partial charge is 0.329 e. The van der Waals surface area contributed by atoms with Gasteiger partial charge < -0.3 is 25.6 Å². The van der Waals surface area contributed by atoms with Gasteiger partial charge in [-0.1, -0.05) is 12.8 Å². The van der Waals surface area contributed by atoms with Gasteiger partial charge in [0.2, 0.25) is 11.8 Å². The molecule has 65 heavy (non-hydrogen) atoms. The Labute approximate surface area is 372 Å². The number of aromatic nitrogens is 5. The largest absolute Gasteiger partial charge is 0.492 e. The Bertz CT molecular complexity index is 2810. The van der Waals surface area contributed by atoms with E-state index >= 15 is 0 Å². The van der Waals surface area contributed by atoms with E-state index in [9.17, 15) is 33.2 Å². The summed E-state index contributed by atoms with van der Waals surface area (Å²) in [6.45, 7) is 4.32. The van der Waals surface area contributed by atoms with Crippen LogP contribution < -0.4 is 35.8 Å². The summed E-state index contributed by atoms with van der Waals surface area (Å²) in [5, 5.41) is 31.0. The molecular formula is C46H48F2N12O5. The molecule has 4 N–H and O–H groups in total. The van der Waals surface area contributed by atoms with E-state index in [2.05, 4.69) is 37.5 Å². The van der Waals surface area contributed by atoms with Crippen LogP contribution in [-0.4, -0.2) is 93.0 Å². The first-order chi connectivity index (χ1) is 31.5. The second-order valence-electron chi connectivity index (χ2n) is 16.1. The first-order valence-corrected chi connectivity index (χ1v) is 21.6. The molecule has 19 heteroatoms. The Morgan fingerprint density at radius 2 is 1.77 bits per heavy atom. The van der Waals surface area contributed by atoms with Gasteiger partial charge in [0.05, 0.1) is 41.2 Å². The second-order valence-corrected chi connectivity index (χ2v) is 16.1. The fourth-order valence-corrected chi connectivity index (χ4v) is 8.38. The highest BCUT2D eigenvalue weighted by atomic mass is 19.1. The molecule has 2 aliphatic rings. The zero-order valence-electron chi connectivity index (χ0n) is 36.0. The van der Waals surface area contributed by atoms with E-state index in [-0.39, 0.29) is 31.7 Å². The summed E-state index contributed by atoms with van der Waals surface area (Å²) < 4.78 is 37.9. The number of nitrogens with zero attached hydrogens (tertiary/aromatic N) is 8. The monoisotopic (exact) mass is 886 g/mol. The number of carbonyl (C=O) groups excluding carboxylic acids is 4. The van der Waals surface area contributed by atoms with E-state index in [0.29, 0.717) is 67.7 Å². The minimum Gasteiger partial charge on any atom is -0.492 e. The van der Waals surface area contributed by atoms with Gasteiger partial charge in [0, 0.05) is 74.6 Å². The van der Waals surface area contributed by atoms with Gasteiger partial charge in [-0.25, -0.2) is 23.1 Å². The number of nitriles is 1. The number of unbranched alkanes of at least 4 members (excludes halogenated alkanes) is 3. The molecule has 6 aromatic rings. The van der Waals surface area contributed by atoms with Crippen LogP contribution in [0.15, 0.2) is 73.2 Å². The van der Waals surface area contributed by atoms with Crippen molar-refractivity contribution in [3.63, 3.8) is 0 Å². The van der Waals surface area contributed by atoms with Gasteiger partial charge >= 0.3 is 6.03 Å². The molecule has 336 valence electrons. The van der Waals surface area contributed by atoms with Crippen molar-refractivity contribution >= 4 is 57.5 Å². The van der Waals surface area contributed by atoms with Crippen LogP contribution in [0.1, 0.15) is 67.8 Å². The Morgan fingerprint density at radius 3 is 2.51 bits per heavy atom. The van der Waals surface area contributed by atoms with Crippen molar-refractivity contribution in [3.05, 3.63) is 95.9 Å². The number of anilines is 3. The second kappa shape index (κ2) is 19.0. The first kappa shape index (κ1) is 44.0. The molecule has 0 aliphatic carbocycles. The topological polar surface area (TPSA) is 204 Å². The lowest BCUT2D eigenvalue weighted by molar-refractivity contribution is -0.128. The predicted octanol–water partition coefficient (Wildman–Crippen LogP) is 5.84. The summed E-state index contributed by atoms with van der Waals surface area (Å²) in [4.78, 5) is 59.7. The van der Waals surface area contributed by atoms with Gasteiger partial charge in [-0.05, 0) is 87.2 Å². The number of halogens is 2. The molecule has 2 aliphatic heterocycles. The third-order valence-corrected chi connectivity index (χ3v) is 11.8. The molecule has 4 aromatic heterocycles. The summed E-state index contributed by atoms with van der Waals surface area (Å²) in [5.41, 5.74) is 2.36. The molecule has 0 radical (unpaired) electrons. The molecule has 0 spiro atoms. The molecule has 2 fully saturated rings. The van der Waals surface area contributed by atoms with Crippen molar-refractivity contribution in [3.8, 4) is 22.9 Å². The van der Waals surface area contributed by atoms with E-state index in [1.807, 2.05) is 48.2 Å². The summed E-state index contributed by atoms with van der Waals surface area (Å²) in [6.07, 6.45) is 8.76. The number of nitrogens with one attached hydrogen (secondary N) is 4. The molecule has 2 saturated heterocycles. The lowest BCUT2D eigenvalue weighted by atomic mass is 9.85. The highest BCUT2D eigenvalue weighted by Gasteiger charge is 2.43. The minimum atomic E-state index is -1.40. The number of piperidine rings is 1. The van der Waals surface area contributed by atoms with Crippen LogP contribution in [0.4, 0.5) is 30.9 Å². The highest BCUT2D eigenvalue weighted by molar-refractivity contribution is 6.09. The molecule has 8 rings (SSSR count). The normalized spacial score (nSPS) is 14.9. The number of ether oxygens (including phenoxy) is 1. The maximum Gasteiger partial charge on any atom is 0.329 e. The number of hydrogen-bond donors (Lipinski definition) is 4. The number of hydrogen-bond acceptors (Lipinski definition) is 11. The van der Waals surface area contributed by atoms with Crippen LogP contribution in [0.2, 0.25) is 0 Å². The number of imide groups is 1. The minimum absolute atomic E-state index is 0.176. The zero-order valence-corrected chi connectivity index (χ0v) is 36.0. The number of amides is 5. The van der Waals surface area contributed by atoms with Crippen LogP contribution in [0.25, 0.3) is 27.5 Å². The Hall–Kier alpha value is -7.62. The summed E-state index contributed by atoms with van der Waals surface area (Å²) in [5.74, 6) is -1.53. The maximum atomic E-state index is 14.7. The number of fused-ring (bicyclic) bond motifs is 2. The molecule has 0 unspecified atom stereocenters. The maximum absolute atomic E-state index is 14.7. The molecule has 5 amide bonds. The molecular weight excluding hydrogens is 839 g/mol. The SMILES string of the molecule is CCOc1cc(-c2ccc(N3CCC(NC(=O)c4cc(F)ccc4F)(C(=O)NCCCCCCNc4ccc5c(N6CCC(=O)NC6=O)nn(C)c5c4)CC3)nc2)c2c(C#N)cnn2c1. The van der Waals surface area contributed by atoms with Crippen molar-refractivity contribution in [1.82, 2.24) is 40.3 Å². The first-order valence-electron chi connectivity index (χ1n) is 21.6. The number of urea groups is 1. The third-order valence-electron chi connectivity index (χ3n) is 11.8. The van der Waals surface area contributed by atoms with Crippen LogP contribution >= 0.6 is 0 Å². The van der Waals surface area contributed by atoms with Crippen LogP contribution in [-0.2, 0) is 16.6 Å². The Balaban J connectivity index is 0.861. The van der Waals surface area contributed by atoms with E-state index in [1.165, 1.54) is 11.1 Å². The van der Waals surface area contributed by atoms with E-state index < -0.39 is 40.6 Å². The van der Waals surface area contributed by atoms with Gasteiger partial charge in [-0.15, -0.1) is 0 Å². The van der Waals surface area contributed by atoms with Crippen LogP contribution in [0, 0.1) is 23.0 Å². The number of rotatable bonds is 16. The van der Waals surface area contributed by atoms with Gasteiger partial charge in [-0.3, -0.25) is 29.3 Å². The lowest BCUT2D eigenvalue weighted by Crippen LogP contribution is -2.63. The third kappa shape index (κ3) is 9.37. The predicted molar refractivity (Wildman–Crippen MR) is 238 cm³/mol. The number of benzene rings is 2. The fourth-order valence-electron chi connectivity index (χ4n) is 8.38. The fraction of sp³-hybridized carbons (Fsp3) is 0.348. The molecule has 0 atom stereocenters. The van der Waals surface area contributed by atoms with Crippen molar-refractivity contribution < 1.29 is 32.7 Å². The average molecular weight is 887 g/mol. The van der Waals surface area contributed by atoms with Crippen molar-refractivity contribution in [2.45, 2.75) is 57.4 Å². The molecule has 17 nitrogen and oxygen atoms in total. The quantitative estimate of drug-likeness (QED) is 0.0851. The van der Waals surface area contributed by atoms with E-state index in [4.69, 9.17) is 9.72 Å². The van der Waals surface area contributed by atoms with Gasteiger partial charge in [0.25, 0.3) is 5.91 Å². The number of aryl methyl sites for hydroxylation is 1. The van der Waals surface area contributed by atoms with Crippen molar-refractivity contribution in [2.75, 3.05) is 54.4 Å². The molecule has 0 saturated carbocycles. The van der Waals surface area contributed by atoms with E-state index in [0.717, 1.165) is 65.2 Å². The van der Waals surface area contributed by atoms with Gasteiger partial charge in [0.15, 0.2) is 5.82 Å². The van der Waals surface area contributed by atoms with Crippen molar-refractivity contribution in [1.29, 1.82) is 5.26 Å².